The second-order valence-electron chi connectivity index (χ2n) is 13.6. The van der Waals surface area contributed by atoms with Crippen LogP contribution >= 0.6 is 0 Å². The normalized spacial score (nSPS) is 9.81. The van der Waals surface area contributed by atoms with Crippen LogP contribution < -0.4 is 0 Å². The van der Waals surface area contributed by atoms with E-state index in [-0.39, 0.29) is 0 Å². The van der Waals surface area contributed by atoms with E-state index in [9.17, 15) is 125 Å². The van der Waals surface area contributed by atoms with Crippen molar-refractivity contribution in [3.8, 4) is 0 Å². The molecule has 0 bridgehead atoms. The molecule has 67 heteroatoms. The molecule has 1 unspecified atom stereocenters. The molecule has 390 valence electrons. The van der Waals surface area contributed by atoms with E-state index in [0.717, 1.165) is 13.1 Å². The van der Waals surface area contributed by atoms with Crippen LogP contribution in [0.25, 0.3) is 0 Å². The van der Waals surface area contributed by atoms with Gasteiger partial charge in [0, 0.05) is 0 Å². The summed E-state index contributed by atoms with van der Waals surface area (Å²) >= 11 is 0. The van der Waals surface area contributed by atoms with Gasteiger partial charge in [-0.25, -0.2) is 0 Å². The SMILES string of the molecule is C[SiH](C)O.C[SiH](C)[Si](=O)[Si](=O)[Si](=O)[SiH](C)[Si](=O)[Si](=O)[SiH]=O.C[Si](C)([Si](=O)[Si](=O)[Si](=O)[Si](=O)[Si](=O)[Si](=O)[Si](=O)[Si](=O)[Si](=O)[Si](=O)[SiH]=O)[Si](=O)[Si](=O)[Si](=O)[Si](=O)[Si](=O)[Si](=O)[Si](=O)[Si](=O)[Si](=O)[Si](=O)[SiH]=O.O=[Si]=O.O=[Si]=O. The Balaban J connectivity index is -0.000000479. The molecule has 0 saturated carbocycles. The lowest BCUT2D eigenvalue weighted by Gasteiger charge is -2.12. The van der Waals surface area contributed by atoms with E-state index in [0.29, 0.717) is 0 Å². The fourth-order valence-electron chi connectivity index (χ4n) is 3.42. The molecule has 0 aromatic heterocycles. The van der Waals surface area contributed by atoms with E-state index in [1.807, 2.05) is 13.1 Å². The summed E-state index contributed by atoms with van der Waals surface area (Å²) in [5, 5.41) is 0. The van der Waals surface area contributed by atoms with Crippen LogP contribution in [0.15, 0.2) is 0 Å². The minimum absolute atomic E-state index is 0.864. The Bertz CT molecular complexity index is 2630. The third kappa shape index (κ3) is 28.6. The Morgan fingerprint density at radius 3 is 0.703 bits per heavy atom. The largest absolute Gasteiger partial charge is 0.549 e. The highest BCUT2D eigenvalue weighted by Gasteiger charge is 2.59. The van der Waals surface area contributed by atoms with Gasteiger partial charge in [0.25, 0.3) is 0 Å². The van der Waals surface area contributed by atoms with Crippen molar-refractivity contribution >= 4 is 271 Å². The van der Waals surface area contributed by atoms with Crippen LogP contribution in [-0.4, -0.2) is 275 Å². The second kappa shape index (κ2) is 42.7. The molecule has 1 atom stereocenters. The molecule has 0 amide bonds. The summed E-state index contributed by atoms with van der Waals surface area (Å²) in [6, 6.07) is 0. The van der Waals surface area contributed by atoms with E-state index in [1.54, 1.807) is 13.1 Å². The van der Waals surface area contributed by atoms with Crippen LogP contribution in [0.2, 0.25) is 45.8 Å². The topological polar surface area (TPSA) is 566 Å². The summed E-state index contributed by atoms with van der Waals surface area (Å²) in [6.07, 6.45) is 0. The fourth-order valence-corrected chi connectivity index (χ4v) is 350. The zero-order chi connectivity index (χ0) is 60.2. The quantitative estimate of drug-likeness (QED) is 0.0680. The maximum Gasteiger partial charge on any atom is 0.549 e. The Hall–Kier alpha value is 0.934. The van der Waals surface area contributed by atoms with E-state index in [2.05, 4.69) is 0 Å². The summed E-state index contributed by atoms with van der Waals surface area (Å²) < 4.78 is 370. The molecule has 0 rings (SSSR count). The maximum atomic E-state index is 13.1. The molecular formula is C7H28O33Si34. The summed E-state index contributed by atoms with van der Waals surface area (Å²) in [4.78, 5) is 8.19. The van der Waals surface area contributed by atoms with Crippen molar-refractivity contribution < 1.29 is 148 Å². The summed E-state index contributed by atoms with van der Waals surface area (Å²) in [6.45, 7) is 10.5. The van der Waals surface area contributed by atoms with Crippen molar-refractivity contribution in [2.24, 2.45) is 0 Å². The molecule has 33 nitrogen and oxygen atoms in total. The van der Waals surface area contributed by atoms with Crippen LogP contribution in [0, 0.1) is 0 Å². The molecule has 0 saturated heterocycles. The molecule has 0 radical (unpaired) electrons. The van der Waals surface area contributed by atoms with E-state index in [1.165, 1.54) is 6.55 Å². The van der Waals surface area contributed by atoms with E-state index in [4.69, 9.17) is 22.6 Å². The van der Waals surface area contributed by atoms with Gasteiger partial charge in [0.1, 0.15) is 0 Å². The number of hydrogen-bond acceptors (Lipinski definition) is 33. The highest BCUT2D eigenvalue weighted by molar-refractivity contribution is 7.87. The molecule has 0 heterocycles. The minimum Gasteiger partial charge on any atom is -0.435 e. The lowest BCUT2D eigenvalue weighted by atomic mass is 11.9. The van der Waals surface area contributed by atoms with Gasteiger partial charge < -0.3 is 130 Å². The van der Waals surface area contributed by atoms with E-state index < -0.39 is 271 Å². The van der Waals surface area contributed by atoms with Crippen LogP contribution in [-0.2, 0) is 143 Å². The molecule has 0 aromatic carbocycles. The molecule has 0 aliphatic heterocycles. The van der Waals surface area contributed by atoms with Gasteiger partial charge in [0.2, 0.25) is 0 Å². The molecule has 74 heavy (non-hydrogen) atoms. The van der Waals surface area contributed by atoms with Crippen LogP contribution in [0.1, 0.15) is 0 Å². The van der Waals surface area contributed by atoms with Crippen molar-refractivity contribution in [1.29, 1.82) is 0 Å². The van der Waals surface area contributed by atoms with Crippen molar-refractivity contribution in [3.05, 3.63) is 0 Å². The summed E-state index contributed by atoms with van der Waals surface area (Å²) in [5.41, 5.74) is 0. The average molecular weight is 1600 g/mol. The minimum atomic E-state index is -4.29. The summed E-state index contributed by atoms with van der Waals surface area (Å²) in [7, 11) is -112. The lowest BCUT2D eigenvalue weighted by molar-refractivity contribution is 0.496. The van der Waals surface area contributed by atoms with E-state index >= 15 is 0 Å². The highest BCUT2D eigenvalue weighted by Crippen LogP contribution is 2.05. The molecule has 0 aliphatic carbocycles. The standard InChI is InChI=1S/C3H12O6Si8.C2H8O22Si23.C2H8OSi.2O2Si/c1-11(2)14(6)17(9)16(8)12(3)15(7)13(5)10-4;1-47(2,45(23)43(21)41(19)39(17)37(15)35(13)33(11)31(9)29(7)27(5)25-3)46(24)44(22)42(20)40(18)38(16)36(14)34(12)32(10)30(8)28(6)26-4;1-4(2)3;2*1-3-2/h10-12H,1-3H3;25-26H,1-2H3;3-4H,1-2H3;;. The third-order valence-electron chi connectivity index (χ3n) is 7.21. The molecular weight excluding hydrogens is 1570 g/mol. The third-order valence-corrected chi connectivity index (χ3v) is 249. The Morgan fingerprint density at radius 1 is 0.324 bits per heavy atom. The zero-order valence-electron chi connectivity index (χ0n) is 38.0. The number of hydrogen-bond donors (Lipinski definition) is 1. The van der Waals surface area contributed by atoms with Gasteiger partial charge in [-0.1, -0.05) is 32.7 Å². The van der Waals surface area contributed by atoms with Crippen LogP contribution in [0.4, 0.5) is 0 Å². The zero-order valence-corrected chi connectivity index (χ0v) is 72.9. The van der Waals surface area contributed by atoms with Gasteiger partial charge in [-0.3, -0.25) is 17.8 Å². The van der Waals surface area contributed by atoms with Crippen LogP contribution in [0.5, 0.6) is 0 Å². The first-order valence-corrected chi connectivity index (χ1v) is 99.7. The molecule has 0 aromatic rings. The smallest absolute Gasteiger partial charge is 0.435 e. The van der Waals surface area contributed by atoms with Gasteiger partial charge >= 0.3 is 238 Å². The van der Waals surface area contributed by atoms with Gasteiger partial charge in [-0.05, 0) is 13.1 Å². The first-order valence-electron chi connectivity index (χ1n) is 18.3. The fraction of sp³-hybridized carbons (Fsp3) is 1.00. The summed E-state index contributed by atoms with van der Waals surface area (Å²) in [5.74, 6) is 0. The highest BCUT2D eigenvalue weighted by atomic mass is 30.1. The predicted molar refractivity (Wildman–Crippen MR) is 269 cm³/mol. The predicted octanol–water partition coefficient (Wildman–Crippen LogP) is -14.8. The molecule has 0 aliphatic rings. The van der Waals surface area contributed by atoms with Gasteiger partial charge in [0.05, 0.1) is 8.31 Å². The van der Waals surface area contributed by atoms with Gasteiger partial charge in [-0.15, -0.1) is 0 Å². The van der Waals surface area contributed by atoms with Crippen molar-refractivity contribution in [3.63, 3.8) is 0 Å². The van der Waals surface area contributed by atoms with Crippen molar-refractivity contribution in [2.45, 2.75) is 45.8 Å². The van der Waals surface area contributed by atoms with Gasteiger partial charge in [0.15, 0.2) is 24.0 Å². The lowest BCUT2D eigenvalue weighted by Crippen LogP contribution is -2.64. The Labute approximate surface area is 459 Å². The maximum absolute atomic E-state index is 13.1. The Morgan fingerprint density at radius 2 is 0.514 bits per heavy atom. The van der Waals surface area contributed by atoms with Crippen molar-refractivity contribution in [1.82, 2.24) is 0 Å². The average Bonchev–Trinajstić information content (AvgIpc) is 3.37. The monoisotopic (exact) mass is 1590 g/mol. The molecule has 0 fully saturated rings. The Kier molecular flexibility index (Phi) is 48.4. The van der Waals surface area contributed by atoms with Gasteiger partial charge in [-0.2, -0.15) is 0 Å². The first kappa shape index (κ1) is 83.8. The van der Waals surface area contributed by atoms with Crippen molar-refractivity contribution in [2.75, 3.05) is 0 Å². The molecule has 0 spiro atoms. The second-order valence-corrected chi connectivity index (χ2v) is 171. The number of rotatable bonds is 29. The van der Waals surface area contributed by atoms with Crippen LogP contribution in [0.3, 0.4) is 0 Å². The first-order chi connectivity index (χ1) is 33.6. The molecule has 1 N–H and O–H groups in total.